The van der Waals surface area contributed by atoms with Gasteiger partial charge in [0.25, 0.3) is 17.6 Å². The van der Waals surface area contributed by atoms with Crippen LogP contribution >= 0.6 is 11.6 Å². The van der Waals surface area contributed by atoms with E-state index in [1.165, 1.54) is 6.07 Å². The van der Waals surface area contributed by atoms with E-state index in [0.717, 1.165) is 31.4 Å². The van der Waals surface area contributed by atoms with Gasteiger partial charge in [0.1, 0.15) is 5.69 Å². The van der Waals surface area contributed by atoms with Crippen molar-refractivity contribution in [3.63, 3.8) is 0 Å². The van der Waals surface area contributed by atoms with Crippen LogP contribution in [0.1, 0.15) is 58.6 Å². The molecule has 0 saturated heterocycles. The Morgan fingerprint density at radius 1 is 1.12 bits per heavy atom. The number of anilines is 1. The number of ketones is 1. The SMILES string of the molecule is O=C(NC1(CO)CCC1)C(=O)c1c(Cl)c(C(=O)Nc2ccc(F)c(F)c2)c2n1CCCC2. The topological polar surface area (TPSA) is 100 Å². The smallest absolute Gasteiger partial charge is 0.294 e. The molecule has 1 fully saturated rings. The van der Waals surface area contributed by atoms with Crippen LogP contribution in [-0.4, -0.2) is 39.4 Å². The maximum Gasteiger partial charge on any atom is 0.294 e. The van der Waals surface area contributed by atoms with Gasteiger partial charge in [-0.25, -0.2) is 8.78 Å². The summed E-state index contributed by atoms with van der Waals surface area (Å²) in [5, 5.41) is 14.5. The zero-order valence-electron chi connectivity index (χ0n) is 17.1. The number of hydrogen-bond acceptors (Lipinski definition) is 4. The van der Waals surface area contributed by atoms with E-state index >= 15 is 0 Å². The number of carbonyl (C=O) groups is 3. The first-order valence-electron chi connectivity index (χ1n) is 10.4. The second kappa shape index (κ2) is 8.63. The Morgan fingerprint density at radius 2 is 1.88 bits per heavy atom. The highest BCUT2D eigenvalue weighted by Gasteiger charge is 2.41. The minimum absolute atomic E-state index is 0.0289. The monoisotopic (exact) mass is 465 g/mol. The number of aliphatic hydroxyl groups excluding tert-OH is 1. The van der Waals surface area contributed by atoms with Crippen LogP contribution in [0.4, 0.5) is 14.5 Å². The maximum absolute atomic E-state index is 13.5. The highest BCUT2D eigenvalue weighted by atomic mass is 35.5. The molecule has 1 aliphatic carbocycles. The first-order valence-corrected chi connectivity index (χ1v) is 10.8. The number of aromatic nitrogens is 1. The number of Topliss-reactive ketones (excluding diaryl/α,β-unsaturated/α-hetero) is 1. The predicted molar refractivity (Wildman–Crippen MR) is 113 cm³/mol. The summed E-state index contributed by atoms with van der Waals surface area (Å²) in [5.41, 5.74) is -0.308. The summed E-state index contributed by atoms with van der Waals surface area (Å²) in [4.78, 5) is 38.7. The Hall–Kier alpha value is -2.78. The molecule has 2 aromatic rings. The van der Waals surface area contributed by atoms with Gasteiger partial charge in [-0.15, -0.1) is 0 Å². The number of nitrogens with zero attached hydrogens (tertiary/aromatic N) is 1. The van der Waals surface area contributed by atoms with Gasteiger partial charge in [-0.3, -0.25) is 14.4 Å². The Kier molecular flexibility index (Phi) is 6.05. The van der Waals surface area contributed by atoms with Gasteiger partial charge in [-0.1, -0.05) is 11.6 Å². The van der Waals surface area contributed by atoms with Gasteiger partial charge in [0.05, 0.1) is 22.7 Å². The third-order valence-corrected chi connectivity index (χ3v) is 6.54. The van der Waals surface area contributed by atoms with Crippen molar-refractivity contribution in [1.29, 1.82) is 0 Å². The molecule has 4 rings (SSSR count). The molecule has 0 unspecified atom stereocenters. The molecule has 1 aliphatic heterocycles. The van der Waals surface area contributed by atoms with E-state index in [1.54, 1.807) is 4.57 Å². The summed E-state index contributed by atoms with van der Waals surface area (Å²) >= 11 is 6.46. The zero-order chi connectivity index (χ0) is 23.0. The van der Waals surface area contributed by atoms with Gasteiger partial charge >= 0.3 is 0 Å². The van der Waals surface area contributed by atoms with Crippen molar-refractivity contribution in [3.05, 3.63) is 51.8 Å². The fourth-order valence-corrected chi connectivity index (χ4v) is 4.64. The van der Waals surface area contributed by atoms with Gasteiger partial charge in [0.2, 0.25) is 0 Å². The molecule has 2 aliphatic rings. The number of carbonyl (C=O) groups excluding carboxylic acids is 3. The average Bonchev–Trinajstić information content (AvgIpc) is 3.04. The van der Waals surface area contributed by atoms with Gasteiger partial charge in [0.15, 0.2) is 11.6 Å². The van der Waals surface area contributed by atoms with Crippen LogP contribution in [0.25, 0.3) is 0 Å². The number of fused-ring (bicyclic) bond motifs is 1. The Balaban J connectivity index is 1.66. The number of aliphatic hydroxyl groups is 1. The third-order valence-electron chi connectivity index (χ3n) is 6.17. The molecule has 0 atom stereocenters. The molecule has 3 N–H and O–H groups in total. The summed E-state index contributed by atoms with van der Waals surface area (Å²) in [7, 11) is 0. The fraction of sp³-hybridized carbons (Fsp3) is 0.409. The highest BCUT2D eigenvalue weighted by Crippen LogP contribution is 2.35. The van der Waals surface area contributed by atoms with E-state index in [9.17, 15) is 28.3 Å². The van der Waals surface area contributed by atoms with Gasteiger partial charge < -0.3 is 20.3 Å². The summed E-state index contributed by atoms with van der Waals surface area (Å²) in [6.07, 6.45) is 3.96. The molecule has 1 saturated carbocycles. The van der Waals surface area contributed by atoms with Gasteiger partial charge in [0, 0.05) is 24.0 Å². The lowest BCUT2D eigenvalue weighted by Gasteiger charge is -2.40. The van der Waals surface area contributed by atoms with Crippen LogP contribution in [-0.2, 0) is 17.8 Å². The first kappa shape index (κ1) is 22.4. The van der Waals surface area contributed by atoms with Crippen molar-refractivity contribution in [2.45, 2.75) is 50.6 Å². The van der Waals surface area contributed by atoms with Crippen LogP contribution in [0.2, 0.25) is 5.02 Å². The lowest BCUT2D eigenvalue weighted by molar-refractivity contribution is -0.120. The number of hydrogen-bond donors (Lipinski definition) is 3. The maximum atomic E-state index is 13.5. The third kappa shape index (κ3) is 3.91. The quantitative estimate of drug-likeness (QED) is 0.450. The summed E-state index contributed by atoms with van der Waals surface area (Å²) in [6, 6.07) is 2.94. The molecule has 1 aromatic carbocycles. The van der Waals surface area contributed by atoms with E-state index in [-0.39, 0.29) is 28.6 Å². The van der Waals surface area contributed by atoms with Crippen LogP contribution in [0.15, 0.2) is 18.2 Å². The zero-order valence-corrected chi connectivity index (χ0v) is 17.9. The molecule has 0 spiro atoms. The number of nitrogens with one attached hydrogen (secondary N) is 2. The number of amides is 2. The predicted octanol–water partition coefficient (Wildman–Crippen LogP) is 3.22. The molecule has 0 radical (unpaired) electrons. The Bertz CT molecular complexity index is 1110. The molecule has 1 aromatic heterocycles. The summed E-state index contributed by atoms with van der Waals surface area (Å²) in [5.74, 6) is -4.62. The van der Waals surface area contributed by atoms with Crippen LogP contribution in [0, 0.1) is 11.6 Å². The second-order valence-electron chi connectivity index (χ2n) is 8.25. The molecular weight excluding hydrogens is 444 g/mol. The van der Waals surface area contributed by atoms with E-state index < -0.39 is 34.8 Å². The number of benzene rings is 1. The highest BCUT2D eigenvalue weighted by molar-refractivity contribution is 6.48. The molecule has 170 valence electrons. The van der Waals surface area contributed by atoms with E-state index in [0.29, 0.717) is 31.5 Å². The molecular formula is C22H22ClF2N3O4. The molecule has 0 bridgehead atoms. The van der Waals surface area contributed by atoms with Crippen LogP contribution in [0.5, 0.6) is 0 Å². The minimum Gasteiger partial charge on any atom is -0.394 e. The fourth-order valence-electron chi connectivity index (χ4n) is 4.25. The number of halogens is 3. The Labute approximate surface area is 187 Å². The van der Waals surface area contributed by atoms with Gasteiger partial charge in [-0.2, -0.15) is 0 Å². The lowest BCUT2D eigenvalue weighted by atomic mass is 9.77. The normalized spacial score (nSPS) is 16.6. The first-order chi connectivity index (χ1) is 15.3. The molecule has 2 heterocycles. The molecule has 2 amide bonds. The van der Waals surface area contributed by atoms with Crippen molar-refractivity contribution in [3.8, 4) is 0 Å². The van der Waals surface area contributed by atoms with E-state index in [4.69, 9.17) is 11.6 Å². The van der Waals surface area contributed by atoms with Crippen molar-refractivity contribution in [1.82, 2.24) is 9.88 Å². The van der Waals surface area contributed by atoms with Crippen LogP contribution in [0.3, 0.4) is 0 Å². The van der Waals surface area contributed by atoms with Crippen molar-refractivity contribution in [2.75, 3.05) is 11.9 Å². The Morgan fingerprint density at radius 3 is 2.50 bits per heavy atom. The van der Waals surface area contributed by atoms with Gasteiger partial charge in [-0.05, 0) is 50.7 Å². The molecule has 32 heavy (non-hydrogen) atoms. The average molecular weight is 466 g/mol. The summed E-state index contributed by atoms with van der Waals surface area (Å²) < 4.78 is 28.3. The van der Waals surface area contributed by atoms with Crippen LogP contribution < -0.4 is 10.6 Å². The van der Waals surface area contributed by atoms with E-state index in [2.05, 4.69) is 10.6 Å². The molecule has 7 nitrogen and oxygen atoms in total. The molecule has 10 heteroatoms. The van der Waals surface area contributed by atoms with Crippen molar-refractivity contribution >= 4 is 34.9 Å². The number of rotatable bonds is 6. The summed E-state index contributed by atoms with van der Waals surface area (Å²) in [6.45, 7) is 0.140. The minimum atomic E-state index is -1.12. The van der Waals surface area contributed by atoms with E-state index in [1.807, 2.05) is 0 Å². The second-order valence-corrected chi connectivity index (χ2v) is 8.63. The standard InChI is InChI=1S/C22H22ClF2N3O4/c23-17-16(20(31)26-12-5-6-13(24)14(25)10-12)15-4-1-2-9-28(15)18(17)19(30)21(32)27-22(11-29)7-3-8-22/h5-6,10,29H,1-4,7-9,11H2,(H,26,31)(H,27,32). The van der Waals surface area contributed by atoms with Crippen molar-refractivity contribution < 1.29 is 28.3 Å². The largest absolute Gasteiger partial charge is 0.394 e. The lowest BCUT2D eigenvalue weighted by Crippen LogP contribution is -2.57. The van der Waals surface area contributed by atoms with Crippen molar-refractivity contribution in [2.24, 2.45) is 0 Å².